The molecule has 1 aromatic carbocycles. The van der Waals surface area contributed by atoms with E-state index in [2.05, 4.69) is 18.0 Å². The van der Waals surface area contributed by atoms with E-state index in [1.54, 1.807) is 12.4 Å². The summed E-state index contributed by atoms with van der Waals surface area (Å²) in [5, 5.41) is 0.812. The molecule has 0 N–H and O–H groups in total. The second-order valence-electron chi connectivity index (χ2n) is 3.65. The van der Waals surface area contributed by atoms with Gasteiger partial charge in [-0.15, -0.1) is 0 Å². The molecule has 1 heterocycles. The van der Waals surface area contributed by atoms with Gasteiger partial charge in [-0.2, -0.15) is 0 Å². The van der Waals surface area contributed by atoms with Gasteiger partial charge in [-0.3, -0.25) is 4.98 Å². The number of hydrogen-bond acceptors (Lipinski definition) is 1. The number of pyridine rings is 1. The van der Waals surface area contributed by atoms with Crippen LogP contribution in [0.1, 0.15) is 11.1 Å². The molecular formula is C13H12ClN. The minimum atomic E-state index is 0.812. The van der Waals surface area contributed by atoms with E-state index < -0.39 is 0 Å². The van der Waals surface area contributed by atoms with Crippen LogP contribution in [-0.4, -0.2) is 4.98 Å². The molecule has 0 amide bonds. The van der Waals surface area contributed by atoms with Crippen LogP contribution in [0.4, 0.5) is 0 Å². The molecule has 0 aliphatic rings. The topological polar surface area (TPSA) is 12.9 Å². The van der Waals surface area contributed by atoms with Crippen molar-refractivity contribution in [3.63, 3.8) is 0 Å². The van der Waals surface area contributed by atoms with Gasteiger partial charge in [-0.05, 0) is 54.3 Å². The molecule has 2 heteroatoms. The molecule has 2 rings (SSSR count). The highest BCUT2D eigenvalue weighted by molar-refractivity contribution is 6.31. The molecule has 0 atom stereocenters. The predicted octanol–water partition coefficient (Wildman–Crippen LogP) is 4.02. The van der Waals surface area contributed by atoms with Gasteiger partial charge in [0.25, 0.3) is 0 Å². The highest BCUT2D eigenvalue weighted by Gasteiger charge is 2.04. The van der Waals surface area contributed by atoms with Crippen molar-refractivity contribution in [3.05, 3.63) is 52.8 Å². The molecule has 0 aliphatic carbocycles. The Balaban J connectivity index is 2.59. The van der Waals surface area contributed by atoms with Gasteiger partial charge in [-0.1, -0.05) is 17.7 Å². The summed E-state index contributed by atoms with van der Waals surface area (Å²) in [6, 6.07) is 8.11. The van der Waals surface area contributed by atoms with E-state index in [1.165, 1.54) is 11.1 Å². The predicted molar refractivity (Wildman–Crippen MR) is 64.2 cm³/mol. The van der Waals surface area contributed by atoms with Crippen molar-refractivity contribution in [2.45, 2.75) is 13.8 Å². The number of hydrogen-bond donors (Lipinski definition) is 0. The molecule has 1 nitrogen and oxygen atoms in total. The second kappa shape index (κ2) is 4.03. The minimum Gasteiger partial charge on any atom is -0.265 e. The lowest BCUT2D eigenvalue weighted by Gasteiger charge is -2.08. The molecule has 1 aromatic heterocycles. The second-order valence-corrected chi connectivity index (χ2v) is 4.06. The first-order valence-corrected chi connectivity index (χ1v) is 5.23. The third kappa shape index (κ3) is 2.02. The summed E-state index contributed by atoms with van der Waals surface area (Å²) in [5.74, 6) is 0. The molecule has 0 unspecified atom stereocenters. The summed E-state index contributed by atoms with van der Waals surface area (Å²) < 4.78 is 0. The van der Waals surface area contributed by atoms with Crippen LogP contribution in [-0.2, 0) is 0 Å². The molecule has 0 aliphatic heterocycles. The Labute approximate surface area is 94.7 Å². The lowest BCUT2D eigenvalue weighted by atomic mass is 10.00. The summed E-state index contributed by atoms with van der Waals surface area (Å²) in [6.07, 6.45) is 3.59. The van der Waals surface area contributed by atoms with Crippen LogP contribution in [0.25, 0.3) is 11.1 Å². The summed E-state index contributed by atoms with van der Waals surface area (Å²) in [5.41, 5.74) is 4.69. The SMILES string of the molecule is Cc1cc(C)c(-c2ccncc2)cc1Cl. The van der Waals surface area contributed by atoms with Gasteiger partial charge in [0.05, 0.1) is 0 Å². The highest BCUT2D eigenvalue weighted by atomic mass is 35.5. The molecule has 0 saturated carbocycles. The molecule has 0 radical (unpaired) electrons. The zero-order valence-electron chi connectivity index (χ0n) is 8.79. The standard InChI is InChI=1S/C13H12ClN/c1-9-7-10(2)13(14)8-12(9)11-3-5-15-6-4-11/h3-8H,1-2H3. The Morgan fingerprint density at radius 3 is 2.33 bits per heavy atom. The fourth-order valence-electron chi connectivity index (χ4n) is 1.67. The maximum absolute atomic E-state index is 6.12. The lowest BCUT2D eigenvalue weighted by Crippen LogP contribution is -1.86. The van der Waals surface area contributed by atoms with Crippen LogP contribution in [0.3, 0.4) is 0 Å². The number of aryl methyl sites for hydroxylation is 2. The van der Waals surface area contributed by atoms with Gasteiger partial charge in [-0.25, -0.2) is 0 Å². The van der Waals surface area contributed by atoms with Gasteiger partial charge in [0.2, 0.25) is 0 Å². The number of benzene rings is 1. The van der Waals surface area contributed by atoms with E-state index in [-0.39, 0.29) is 0 Å². The first-order chi connectivity index (χ1) is 7.18. The van der Waals surface area contributed by atoms with Crippen molar-refractivity contribution >= 4 is 11.6 Å². The zero-order valence-corrected chi connectivity index (χ0v) is 9.55. The first kappa shape index (κ1) is 10.2. The van der Waals surface area contributed by atoms with E-state index in [1.807, 2.05) is 25.1 Å². The zero-order chi connectivity index (χ0) is 10.8. The van der Waals surface area contributed by atoms with Crippen molar-refractivity contribution in [2.75, 3.05) is 0 Å². The van der Waals surface area contributed by atoms with Crippen LogP contribution in [0.15, 0.2) is 36.7 Å². The number of halogens is 1. The van der Waals surface area contributed by atoms with Crippen molar-refractivity contribution in [1.82, 2.24) is 4.98 Å². The smallest absolute Gasteiger partial charge is 0.0441 e. The van der Waals surface area contributed by atoms with Crippen molar-refractivity contribution in [3.8, 4) is 11.1 Å². The summed E-state index contributed by atoms with van der Waals surface area (Å²) in [4.78, 5) is 4.01. The van der Waals surface area contributed by atoms with Gasteiger partial charge in [0.1, 0.15) is 0 Å². The van der Waals surface area contributed by atoms with Gasteiger partial charge < -0.3 is 0 Å². The van der Waals surface area contributed by atoms with Crippen LogP contribution >= 0.6 is 11.6 Å². The Hall–Kier alpha value is -1.34. The lowest BCUT2D eigenvalue weighted by molar-refractivity contribution is 1.32. The minimum absolute atomic E-state index is 0.812. The number of rotatable bonds is 1. The van der Waals surface area contributed by atoms with Crippen molar-refractivity contribution < 1.29 is 0 Å². The number of nitrogens with zero attached hydrogens (tertiary/aromatic N) is 1. The van der Waals surface area contributed by atoms with Crippen LogP contribution in [0.2, 0.25) is 5.02 Å². The Morgan fingerprint density at radius 2 is 1.67 bits per heavy atom. The summed E-state index contributed by atoms with van der Waals surface area (Å²) in [6.45, 7) is 4.12. The van der Waals surface area contributed by atoms with E-state index in [0.29, 0.717) is 0 Å². The third-order valence-electron chi connectivity index (χ3n) is 2.50. The molecule has 0 bridgehead atoms. The van der Waals surface area contributed by atoms with E-state index >= 15 is 0 Å². The molecule has 0 spiro atoms. The Kier molecular flexibility index (Phi) is 2.74. The Bertz CT molecular complexity index is 477. The fraction of sp³-hybridized carbons (Fsp3) is 0.154. The molecule has 0 fully saturated rings. The van der Waals surface area contributed by atoms with Crippen LogP contribution in [0.5, 0.6) is 0 Å². The molecular weight excluding hydrogens is 206 g/mol. The third-order valence-corrected chi connectivity index (χ3v) is 2.90. The summed E-state index contributed by atoms with van der Waals surface area (Å²) in [7, 11) is 0. The van der Waals surface area contributed by atoms with Crippen LogP contribution < -0.4 is 0 Å². The Morgan fingerprint density at radius 1 is 1.00 bits per heavy atom. The fourth-order valence-corrected chi connectivity index (χ4v) is 1.83. The largest absolute Gasteiger partial charge is 0.265 e. The quantitative estimate of drug-likeness (QED) is 0.703. The van der Waals surface area contributed by atoms with Crippen LogP contribution in [0, 0.1) is 13.8 Å². The average molecular weight is 218 g/mol. The monoisotopic (exact) mass is 217 g/mol. The molecule has 0 saturated heterocycles. The van der Waals surface area contributed by atoms with E-state index in [0.717, 1.165) is 16.1 Å². The normalized spacial score (nSPS) is 10.3. The molecule has 76 valence electrons. The number of aromatic nitrogens is 1. The molecule has 2 aromatic rings. The van der Waals surface area contributed by atoms with Crippen molar-refractivity contribution in [2.24, 2.45) is 0 Å². The maximum atomic E-state index is 6.12. The highest BCUT2D eigenvalue weighted by Crippen LogP contribution is 2.28. The van der Waals surface area contributed by atoms with E-state index in [4.69, 9.17) is 11.6 Å². The van der Waals surface area contributed by atoms with Crippen molar-refractivity contribution in [1.29, 1.82) is 0 Å². The molecule has 15 heavy (non-hydrogen) atoms. The van der Waals surface area contributed by atoms with Gasteiger partial charge in [0, 0.05) is 17.4 Å². The van der Waals surface area contributed by atoms with Gasteiger partial charge in [0.15, 0.2) is 0 Å². The van der Waals surface area contributed by atoms with E-state index in [9.17, 15) is 0 Å². The van der Waals surface area contributed by atoms with Gasteiger partial charge >= 0.3 is 0 Å². The maximum Gasteiger partial charge on any atom is 0.0441 e. The average Bonchev–Trinajstić information content (AvgIpc) is 2.25. The first-order valence-electron chi connectivity index (χ1n) is 4.85. The summed E-state index contributed by atoms with van der Waals surface area (Å²) >= 11 is 6.12.